The van der Waals surface area contributed by atoms with E-state index in [1.807, 2.05) is 78.9 Å². The van der Waals surface area contributed by atoms with Crippen molar-refractivity contribution in [2.75, 3.05) is 18.6 Å². The lowest BCUT2D eigenvalue weighted by Gasteiger charge is -2.40. The Balaban J connectivity index is 1.21. The van der Waals surface area contributed by atoms with Crippen LogP contribution in [-0.4, -0.2) is 65.5 Å². The van der Waals surface area contributed by atoms with Crippen LogP contribution in [0.5, 0.6) is 0 Å². The number of ether oxygens (including phenoxy) is 2. The molecule has 0 N–H and O–H groups in total. The largest absolute Gasteiger partial charge is 0.467 e. The van der Waals surface area contributed by atoms with E-state index in [9.17, 15) is 14.4 Å². The van der Waals surface area contributed by atoms with Crippen molar-refractivity contribution in [2.45, 2.75) is 88.5 Å². The van der Waals surface area contributed by atoms with Crippen LogP contribution in [0.4, 0.5) is 10.5 Å². The van der Waals surface area contributed by atoms with Crippen molar-refractivity contribution in [1.29, 1.82) is 0 Å². The van der Waals surface area contributed by atoms with Crippen molar-refractivity contribution in [1.82, 2.24) is 9.80 Å². The number of hydrogen-bond donors (Lipinski definition) is 0. The highest BCUT2D eigenvalue weighted by Crippen LogP contribution is 2.42. The number of benzene rings is 3. The topological polar surface area (TPSA) is 96.5 Å². The van der Waals surface area contributed by atoms with E-state index in [4.69, 9.17) is 9.47 Å². The maximum atomic E-state index is 15.0. The van der Waals surface area contributed by atoms with Crippen LogP contribution in [0.15, 0.2) is 78.9 Å². The van der Waals surface area contributed by atoms with Gasteiger partial charge in [0.1, 0.15) is 18.1 Å². The van der Waals surface area contributed by atoms with E-state index < -0.39 is 30.2 Å². The van der Waals surface area contributed by atoms with Crippen molar-refractivity contribution in [3.05, 3.63) is 101 Å². The molecule has 4 atom stereocenters. The molecule has 3 heterocycles. The van der Waals surface area contributed by atoms with E-state index in [1.54, 1.807) is 9.80 Å². The van der Waals surface area contributed by atoms with E-state index in [2.05, 4.69) is 0 Å². The summed E-state index contributed by atoms with van der Waals surface area (Å²) < 4.78 is 11.1. The van der Waals surface area contributed by atoms with E-state index in [1.165, 1.54) is 18.4 Å². The fraction of sp³-hybridized carbons (Fsp3) is 0.436. The van der Waals surface area contributed by atoms with Crippen LogP contribution in [0.3, 0.4) is 0 Å². The first kappa shape index (κ1) is 31.9. The van der Waals surface area contributed by atoms with E-state index >= 15 is 4.79 Å². The van der Waals surface area contributed by atoms with Gasteiger partial charge in [-0.15, -0.1) is 0 Å². The molecule has 7 rings (SSSR count). The van der Waals surface area contributed by atoms with Crippen LogP contribution < -0.4 is 4.90 Å². The summed E-state index contributed by atoms with van der Waals surface area (Å²) in [5.74, 6) is -0.729. The Kier molecular flexibility index (Phi) is 9.19. The molecule has 3 aromatic rings. The fourth-order valence-electron chi connectivity index (χ4n) is 8.25. The average molecular weight is 650 g/mol. The first-order chi connectivity index (χ1) is 23.4. The molecule has 2 fully saturated rings. The number of amides is 3. The van der Waals surface area contributed by atoms with Gasteiger partial charge in [-0.05, 0) is 59.9 Å². The van der Waals surface area contributed by atoms with E-state index in [-0.39, 0.29) is 24.4 Å². The number of para-hydroxylation sites is 1. The van der Waals surface area contributed by atoms with Gasteiger partial charge in [0, 0.05) is 19.4 Å². The summed E-state index contributed by atoms with van der Waals surface area (Å²) in [5, 5.41) is 0. The number of carbonyl (C=O) groups excluding carboxylic acids is 4. The summed E-state index contributed by atoms with van der Waals surface area (Å²) >= 11 is 0. The molecule has 9 heteroatoms. The molecule has 250 valence electrons. The zero-order valence-corrected chi connectivity index (χ0v) is 27.5. The van der Waals surface area contributed by atoms with Gasteiger partial charge in [0.25, 0.3) is 0 Å². The molecule has 0 spiro atoms. The minimum absolute atomic E-state index is 0.248. The lowest BCUT2D eigenvalue weighted by molar-refractivity contribution is -0.157. The van der Waals surface area contributed by atoms with Gasteiger partial charge >= 0.3 is 12.1 Å². The minimum atomic E-state index is -0.862. The van der Waals surface area contributed by atoms with Gasteiger partial charge in [0.15, 0.2) is 0 Å². The first-order valence-electron chi connectivity index (χ1n) is 17.3. The number of anilines is 1. The molecule has 48 heavy (non-hydrogen) atoms. The first-order valence-corrected chi connectivity index (χ1v) is 17.3. The van der Waals surface area contributed by atoms with Gasteiger partial charge in [-0.2, -0.15) is 0 Å². The van der Waals surface area contributed by atoms with E-state index in [0.29, 0.717) is 43.9 Å². The number of nitrogens with zero attached hydrogens (tertiary/aromatic N) is 3. The summed E-state index contributed by atoms with van der Waals surface area (Å²) in [6.07, 6.45) is 6.72. The van der Waals surface area contributed by atoms with Crippen LogP contribution >= 0.6 is 0 Å². The molecule has 3 aromatic carbocycles. The highest BCUT2D eigenvalue weighted by molar-refractivity contribution is 6.02. The molecule has 3 aliphatic heterocycles. The number of methoxy groups -OCH3 is 1. The van der Waals surface area contributed by atoms with Gasteiger partial charge < -0.3 is 19.3 Å². The van der Waals surface area contributed by atoms with Gasteiger partial charge in [0.05, 0.1) is 25.4 Å². The Labute approximate surface area is 281 Å². The molecule has 0 bridgehead atoms. The van der Waals surface area contributed by atoms with Crippen molar-refractivity contribution in [3.63, 3.8) is 0 Å². The SMILES string of the molecule is COC(=O)[C@H]1Cc2ccccc2CN1C(=O)[C@H]1CC[C@@H](c2ccccc2)N1C(=O)[C@H]1Cc2ccccc2N1C(=O)OCC1CCCCC1. The third-order valence-electron chi connectivity index (χ3n) is 10.7. The number of esters is 1. The number of carbonyl (C=O) groups is 4. The van der Waals surface area contributed by atoms with Gasteiger partial charge in [-0.3, -0.25) is 14.5 Å². The normalized spacial score (nSPS) is 23.7. The Hall–Kier alpha value is -4.66. The van der Waals surface area contributed by atoms with Crippen LogP contribution in [0.25, 0.3) is 0 Å². The molecule has 9 nitrogen and oxygen atoms in total. The third kappa shape index (κ3) is 6.06. The molecular formula is C39H43N3O6. The fourth-order valence-corrected chi connectivity index (χ4v) is 8.25. The number of fused-ring (bicyclic) bond motifs is 2. The highest BCUT2D eigenvalue weighted by atomic mass is 16.6. The Bertz CT molecular complexity index is 1670. The zero-order chi connectivity index (χ0) is 33.2. The Morgan fingerprint density at radius 2 is 1.35 bits per heavy atom. The zero-order valence-electron chi connectivity index (χ0n) is 27.5. The second-order valence-corrected chi connectivity index (χ2v) is 13.5. The lowest BCUT2D eigenvalue weighted by atomic mass is 9.90. The molecule has 1 saturated carbocycles. The Morgan fingerprint density at radius 3 is 2.10 bits per heavy atom. The summed E-state index contributed by atoms with van der Waals surface area (Å²) in [4.78, 5) is 61.4. The lowest BCUT2D eigenvalue weighted by Crippen LogP contribution is -2.58. The summed E-state index contributed by atoms with van der Waals surface area (Å²) in [7, 11) is 1.34. The molecule has 3 amide bonds. The number of hydrogen-bond acceptors (Lipinski definition) is 6. The van der Waals surface area contributed by atoms with Crippen molar-refractivity contribution in [2.24, 2.45) is 5.92 Å². The van der Waals surface area contributed by atoms with Crippen LogP contribution in [0.1, 0.15) is 73.2 Å². The molecule has 4 aliphatic rings. The van der Waals surface area contributed by atoms with Gasteiger partial charge in [-0.25, -0.2) is 9.59 Å². The third-order valence-corrected chi connectivity index (χ3v) is 10.7. The van der Waals surface area contributed by atoms with Crippen molar-refractivity contribution in [3.8, 4) is 0 Å². The standard InChI is InChI=1S/C39H43N3O6/c1-47-38(45)35-22-28-16-8-9-18-30(28)24-40(35)36(43)33-21-20-32(27-14-6-3-7-15-27)41(33)37(44)34-23-29-17-10-11-19-31(29)42(34)39(46)48-25-26-12-4-2-5-13-26/h3,6-11,14-19,26,32-35H,2,4-5,12-13,20-25H2,1H3/t32-,33+,34+,35+/m0/s1. The van der Waals surface area contributed by atoms with Crippen LogP contribution in [0.2, 0.25) is 0 Å². The molecule has 1 aliphatic carbocycles. The van der Waals surface area contributed by atoms with Crippen LogP contribution in [-0.2, 0) is 43.2 Å². The van der Waals surface area contributed by atoms with Gasteiger partial charge in [0.2, 0.25) is 11.8 Å². The van der Waals surface area contributed by atoms with Crippen LogP contribution in [0, 0.1) is 5.92 Å². The Morgan fingerprint density at radius 1 is 0.688 bits per heavy atom. The molecular weight excluding hydrogens is 606 g/mol. The second kappa shape index (κ2) is 13.8. The summed E-state index contributed by atoms with van der Waals surface area (Å²) in [6, 6.07) is 22.3. The number of likely N-dealkylation sites (tertiary alicyclic amines) is 1. The smallest absolute Gasteiger partial charge is 0.415 e. The molecule has 0 unspecified atom stereocenters. The quantitative estimate of drug-likeness (QED) is 0.305. The van der Waals surface area contributed by atoms with Gasteiger partial charge in [-0.1, -0.05) is 92.1 Å². The molecule has 0 aromatic heterocycles. The number of rotatable bonds is 6. The monoisotopic (exact) mass is 649 g/mol. The summed E-state index contributed by atoms with van der Waals surface area (Å²) in [5.41, 5.74) is 4.46. The maximum absolute atomic E-state index is 15.0. The average Bonchev–Trinajstić information content (AvgIpc) is 3.76. The minimum Gasteiger partial charge on any atom is -0.467 e. The maximum Gasteiger partial charge on any atom is 0.415 e. The van der Waals surface area contributed by atoms with Crippen molar-refractivity contribution < 1.29 is 28.7 Å². The predicted octanol–water partition coefficient (Wildman–Crippen LogP) is 5.99. The molecule has 1 saturated heterocycles. The predicted molar refractivity (Wildman–Crippen MR) is 180 cm³/mol. The van der Waals surface area contributed by atoms with E-state index in [0.717, 1.165) is 47.9 Å². The second-order valence-electron chi connectivity index (χ2n) is 13.5. The highest BCUT2D eigenvalue weighted by Gasteiger charge is 2.50. The van der Waals surface area contributed by atoms with Crippen molar-refractivity contribution >= 4 is 29.6 Å². The molecule has 0 radical (unpaired) electrons. The summed E-state index contributed by atoms with van der Waals surface area (Å²) in [6.45, 7) is 0.582.